The van der Waals surface area contributed by atoms with Gasteiger partial charge in [0.15, 0.2) is 0 Å². The second kappa shape index (κ2) is 13.2. The predicted octanol–water partition coefficient (Wildman–Crippen LogP) is 7.26. The molecule has 0 aliphatic carbocycles. The lowest BCUT2D eigenvalue weighted by Crippen LogP contribution is -2.50. The van der Waals surface area contributed by atoms with Crippen LogP contribution in [0.15, 0.2) is 97.2 Å². The zero-order valence-electron chi connectivity index (χ0n) is 21.7. The molecule has 0 saturated carbocycles. The Balaban J connectivity index is 1.82. The van der Waals surface area contributed by atoms with E-state index in [0.717, 1.165) is 23.3 Å². The van der Waals surface area contributed by atoms with Crippen molar-refractivity contribution in [3.8, 4) is 5.75 Å². The second-order valence-electron chi connectivity index (χ2n) is 9.21. The third kappa shape index (κ3) is 7.35. The third-order valence-corrected chi connectivity index (χ3v) is 7.16. The van der Waals surface area contributed by atoms with E-state index >= 15 is 0 Å². The first-order chi connectivity index (χ1) is 20.0. The number of aromatic carboxylic acids is 1. The minimum atomic E-state index is -4.74. The van der Waals surface area contributed by atoms with Crippen LogP contribution < -0.4 is 15.4 Å². The summed E-state index contributed by atoms with van der Waals surface area (Å²) in [4.78, 5) is 29.3. The van der Waals surface area contributed by atoms with Gasteiger partial charge in [-0.3, -0.25) is 4.98 Å². The molecule has 0 aliphatic rings. The second-order valence-corrected chi connectivity index (χ2v) is 9.97. The number of benzene rings is 3. The average molecular weight is 693 g/mol. The summed E-state index contributed by atoms with van der Waals surface area (Å²) in [6, 6.07) is 22.4. The fourth-order valence-electron chi connectivity index (χ4n) is 4.26. The number of pyridine rings is 1. The molecule has 42 heavy (non-hydrogen) atoms. The first-order valence-corrected chi connectivity index (χ1v) is 14.0. The minimum Gasteiger partial charge on any atom is -0.478 e. The number of rotatable bonds is 11. The smallest absolute Gasteiger partial charge is 0.461 e. The number of hydrogen-bond acceptors (Lipinski definition) is 4. The van der Waals surface area contributed by atoms with Crippen molar-refractivity contribution in [2.75, 3.05) is 5.32 Å². The number of halogens is 5. The number of carboxylic acids is 1. The van der Waals surface area contributed by atoms with E-state index in [0.29, 0.717) is 10.1 Å². The Morgan fingerprint density at radius 3 is 2.24 bits per heavy atom. The lowest BCUT2D eigenvalue weighted by atomic mass is 9.80. The lowest BCUT2D eigenvalue weighted by Gasteiger charge is -2.36. The molecule has 12 heteroatoms. The number of urea groups is 1. The van der Waals surface area contributed by atoms with Gasteiger partial charge in [-0.15, -0.1) is 0 Å². The van der Waals surface area contributed by atoms with E-state index in [-0.39, 0.29) is 23.2 Å². The Labute approximate surface area is 252 Å². The molecular weight excluding hydrogens is 669 g/mol. The standard InChI is InChI=1S/C30H24F4IN3O4/c31-27(32)30(33,34)42-24-8-4-7-22(15-24)29(16-19-5-2-1-3-6-19,25-14-9-20(17-35)18-36-25)38-28(41)37-23-12-10-21(11-13-23)26(39)40/h1-15,18,27H,16-17H2,(H,39,40)(H2,37,38,41)/t29-/m0/s1. The van der Waals surface area contributed by atoms with Crippen LogP contribution in [0.4, 0.5) is 28.0 Å². The van der Waals surface area contributed by atoms with Gasteiger partial charge in [-0.05, 0) is 59.2 Å². The van der Waals surface area contributed by atoms with Crippen LogP contribution in [0.25, 0.3) is 0 Å². The molecule has 1 atom stereocenters. The molecule has 1 heterocycles. The Morgan fingerprint density at radius 1 is 0.929 bits per heavy atom. The maximum Gasteiger partial charge on any atom is 0.461 e. The average Bonchev–Trinajstić information content (AvgIpc) is 2.97. The van der Waals surface area contributed by atoms with Crippen LogP contribution in [0.3, 0.4) is 0 Å². The van der Waals surface area contributed by atoms with Gasteiger partial charge in [-0.2, -0.15) is 17.6 Å². The van der Waals surface area contributed by atoms with Crippen LogP contribution >= 0.6 is 22.6 Å². The summed E-state index contributed by atoms with van der Waals surface area (Å²) >= 11 is 2.17. The Bertz CT molecular complexity index is 1520. The van der Waals surface area contributed by atoms with Gasteiger partial charge in [0.2, 0.25) is 0 Å². The van der Waals surface area contributed by atoms with Crippen LogP contribution in [0.1, 0.15) is 32.7 Å². The summed E-state index contributed by atoms with van der Waals surface area (Å²) in [5.74, 6) is -1.67. The summed E-state index contributed by atoms with van der Waals surface area (Å²) in [7, 11) is 0. The molecule has 0 aliphatic heterocycles. The lowest BCUT2D eigenvalue weighted by molar-refractivity contribution is -0.253. The monoisotopic (exact) mass is 693 g/mol. The highest BCUT2D eigenvalue weighted by molar-refractivity contribution is 14.1. The fraction of sp³-hybridized carbons (Fsp3) is 0.167. The zero-order chi connectivity index (χ0) is 30.3. The quantitative estimate of drug-likeness (QED) is 0.0873. The molecule has 0 spiro atoms. The van der Waals surface area contributed by atoms with Gasteiger partial charge >= 0.3 is 24.5 Å². The van der Waals surface area contributed by atoms with E-state index < -0.39 is 35.8 Å². The van der Waals surface area contributed by atoms with E-state index in [9.17, 15) is 27.2 Å². The summed E-state index contributed by atoms with van der Waals surface area (Å²) in [5.41, 5.74) is 1.02. The molecule has 1 aromatic heterocycles. The van der Waals surface area contributed by atoms with Crippen molar-refractivity contribution in [2.45, 2.75) is 28.9 Å². The largest absolute Gasteiger partial charge is 0.478 e. The molecule has 4 aromatic rings. The van der Waals surface area contributed by atoms with Crippen molar-refractivity contribution in [1.29, 1.82) is 0 Å². The zero-order valence-corrected chi connectivity index (χ0v) is 23.9. The highest BCUT2D eigenvalue weighted by Gasteiger charge is 2.44. The predicted molar refractivity (Wildman–Crippen MR) is 156 cm³/mol. The van der Waals surface area contributed by atoms with Gasteiger partial charge in [0, 0.05) is 22.7 Å². The van der Waals surface area contributed by atoms with Gasteiger partial charge in [-0.25, -0.2) is 9.59 Å². The van der Waals surface area contributed by atoms with Crippen LogP contribution in [0, 0.1) is 0 Å². The molecular formula is C30H24F4IN3O4. The van der Waals surface area contributed by atoms with Crippen LogP contribution in [-0.4, -0.2) is 34.6 Å². The minimum absolute atomic E-state index is 0.0244. The highest BCUT2D eigenvalue weighted by Crippen LogP contribution is 2.36. The number of alkyl halides is 5. The van der Waals surface area contributed by atoms with Gasteiger partial charge in [0.1, 0.15) is 11.3 Å². The van der Waals surface area contributed by atoms with Crippen LogP contribution in [-0.2, 0) is 16.4 Å². The molecule has 2 amide bonds. The van der Waals surface area contributed by atoms with E-state index in [1.807, 2.05) is 18.2 Å². The number of ether oxygens (including phenoxy) is 1. The van der Waals surface area contributed by atoms with Crippen molar-refractivity contribution < 1.29 is 37.0 Å². The topological polar surface area (TPSA) is 101 Å². The van der Waals surface area contributed by atoms with Crippen molar-refractivity contribution in [3.63, 3.8) is 0 Å². The molecule has 218 valence electrons. The van der Waals surface area contributed by atoms with E-state index in [4.69, 9.17) is 5.11 Å². The van der Waals surface area contributed by atoms with E-state index in [2.05, 4.69) is 42.9 Å². The van der Waals surface area contributed by atoms with Crippen molar-refractivity contribution in [3.05, 3.63) is 125 Å². The van der Waals surface area contributed by atoms with Gasteiger partial charge in [0.25, 0.3) is 0 Å². The molecule has 0 bridgehead atoms. The van der Waals surface area contributed by atoms with Gasteiger partial charge in [0.05, 0.1) is 11.3 Å². The van der Waals surface area contributed by atoms with Crippen molar-refractivity contribution in [1.82, 2.24) is 10.3 Å². The molecule has 0 unspecified atom stereocenters. The Kier molecular flexibility index (Phi) is 9.66. The summed E-state index contributed by atoms with van der Waals surface area (Å²) in [6.07, 6.45) is -7.09. The maximum atomic E-state index is 13.8. The van der Waals surface area contributed by atoms with Gasteiger partial charge < -0.3 is 20.5 Å². The van der Waals surface area contributed by atoms with E-state index in [1.54, 1.807) is 36.5 Å². The number of amides is 2. The normalized spacial score (nSPS) is 12.8. The van der Waals surface area contributed by atoms with Gasteiger partial charge in [-0.1, -0.05) is 71.1 Å². The molecule has 3 N–H and O–H groups in total. The van der Waals surface area contributed by atoms with E-state index in [1.165, 1.54) is 30.3 Å². The molecule has 0 radical (unpaired) electrons. The van der Waals surface area contributed by atoms with Crippen molar-refractivity contribution in [2.24, 2.45) is 0 Å². The number of hydrogen-bond donors (Lipinski definition) is 3. The number of anilines is 1. The molecule has 4 rings (SSSR count). The fourth-order valence-corrected chi connectivity index (χ4v) is 4.71. The summed E-state index contributed by atoms with van der Waals surface area (Å²) in [6.45, 7) is 0. The third-order valence-electron chi connectivity index (χ3n) is 6.28. The molecule has 0 fully saturated rings. The first-order valence-electron chi connectivity index (χ1n) is 12.5. The summed E-state index contributed by atoms with van der Waals surface area (Å²) < 4.78 is 58.6. The molecule has 0 saturated heterocycles. The number of aromatic nitrogens is 1. The van der Waals surface area contributed by atoms with Crippen molar-refractivity contribution >= 4 is 40.3 Å². The number of nitrogens with zero attached hydrogens (tertiary/aromatic N) is 1. The molecule has 3 aromatic carbocycles. The maximum absolute atomic E-state index is 13.8. The summed E-state index contributed by atoms with van der Waals surface area (Å²) in [5, 5.41) is 14.7. The highest BCUT2D eigenvalue weighted by atomic mass is 127. The number of nitrogens with one attached hydrogen (secondary N) is 2. The Hall–Kier alpha value is -4.20. The SMILES string of the molecule is O=C(Nc1ccc(C(=O)O)cc1)N[C@@](Cc1ccccc1)(c1cccc(OC(F)(F)C(F)F)c1)c1ccc(CI)cn1. The number of carbonyl (C=O) groups excluding carboxylic acids is 1. The van der Waals surface area contributed by atoms with Crippen LogP contribution in [0.5, 0.6) is 5.75 Å². The first kappa shape index (κ1) is 30.8. The number of carbonyl (C=O) groups is 2. The number of carboxylic acid groups (broad SMARTS) is 1. The van der Waals surface area contributed by atoms with Crippen LogP contribution in [0.2, 0.25) is 0 Å². The Morgan fingerprint density at radius 2 is 1.64 bits per heavy atom. The molecule has 7 nitrogen and oxygen atoms in total.